The topological polar surface area (TPSA) is 113 Å². The predicted molar refractivity (Wildman–Crippen MR) is 140 cm³/mol. The number of halogens is 2. The number of carboxylic acids is 1. The first-order valence-corrected chi connectivity index (χ1v) is 12.5. The number of nitro benzene ring substituents is 1. The number of aliphatic hydroxyl groups excluding tert-OH is 1. The minimum absolute atomic E-state index is 0.138. The Hall–Kier alpha value is -3.01. The molecule has 194 valence electrons. The summed E-state index contributed by atoms with van der Waals surface area (Å²) in [6.07, 6.45) is 0.463. The lowest BCUT2D eigenvalue weighted by Gasteiger charge is -2.42. The Labute approximate surface area is 224 Å². The molecule has 3 aromatic carbocycles. The third kappa shape index (κ3) is 6.47. The van der Waals surface area contributed by atoms with Crippen molar-refractivity contribution >= 4 is 34.9 Å². The number of hydrogen-bond acceptors (Lipinski definition) is 6. The van der Waals surface area contributed by atoms with Crippen molar-refractivity contribution in [1.82, 2.24) is 4.90 Å². The summed E-state index contributed by atoms with van der Waals surface area (Å²) < 4.78 is 6.48. The van der Waals surface area contributed by atoms with Gasteiger partial charge in [0.2, 0.25) is 0 Å². The van der Waals surface area contributed by atoms with E-state index in [4.69, 9.17) is 27.9 Å². The van der Waals surface area contributed by atoms with E-state index in [0.717, 1.165) is 18.1 Å². The number of nitro groups is 1. The first-order chi connectivity index (χ1) is 17.8. The van der Waals surface area contributed by atoms with Crippen LogP contribution in [0.3, 0.4) is 0 Å². The van der Waals surface area contributed by atoms with Gasteiger partial charge in [0.05, 0.1) is 29.2 Å². The molecule has 0 radical (unpaired) electrons. The van der Waals surface area contributed by atoms with Crippen LogP contribution in [0.2, 0.25) is 10.0 Å². The van der Waals surface area contributed by atoms with E-state index in [1.54, 1.807) is 18.2 Å². The third-order valence-electron chi connectivity index (χ3n) is 6.48. The zero-order chi connectivity index (χ0) is 26.5. The molecule has 1 saturated heterocycles. The van der Waals surface area contributed by atoms with Gasteiger partial charge in [0.25, 0.3) is 5.69 Å². The number of aliphatic hydroxyl groups is 1. The lowest BCUT2D eigenvalue weighted by Crippen LogP contribution is -2.43. The molecule has 3 unspecified atom stereocenters. The zero-order valence-corrected chi connectivity index (χ0v) is 21.3. The molecule has 1 aliphatic rings. The van der Waals surface area contributed by atoms with Crippen LogP contribution in [0.15, 0.2) is 66.7 Å². The lowest BCUT2D eigenvalue weighted by molar-refractivity contribution is -0.385. The number of carbonyl (C=O) groups is 1. The van der Waals surface area contributed by atoms with Gasteiger partial charge in [-0.25, -0.2) is 4.79 Å². The molecule has 3 atom stereocenters. The van der Waals surface area contributed by atoms with Crippen molar-refractivity contribution in [2.45, 2.75) is 37.6 Å². The van der Waals surface area contributed by atoms with Gasteiger partial charge in [0.1, 0.15) is 6.10 Å². The highest BCUT2D eigenvalue weighted by atomic mass is 35.5. The van der Waals surface area contributed by atoms with Crippen molar-refractivity contribution in [3.63, 3.8) is 0 Å². The van der Waals surface area contributed by atoms with Crippen LogP contribution in [0.4, 0.5) is 5.69 Å². The molecule has 0 aromatic heterocycles. The Balaban J connectivity index is 1.67. The molecule has 1 fully saturated rings. The van der Waals surface area contributed by atoms with Crippen LogP contribution in [0.25, 0.3) is 0 Å². The standard InChI is InChI=1S/C27H26Cl2N2O6/c28-21-11-20(12-22(29)14-21)25(16-32)37-24-7-4-10-30(26(24)17-5-2-1-3-6-17)15-19-9-8-18(27(33)34)13-23(19)31(35)36/h1-3,5-6,8-9,11-14,24-26,32H,4,7,10,15-16H2,(H,33,34). The zero-order valence-electron chi connectivity index (χ0n) is 19.8. The molecule has 1 aliphatic heterocycles. The fraction of sp³-hybridized carbons (Fsp3) is 0.296. The van der Waals surface area contributed by atoms with Gasteiger partial charge in [-0.1, -0.05) is 59.6 Å². The van der Waals surface area contributed by atoms with E-state index in [1.807, 2.05) is 30.3 Å². The molecule has 8 nitrogen and oxygen atoms in total. The van der Waals surface area contributed by atoms with Gasteiger partial charge in [-0.3, -0.25) is 15.0 Å². The molecule has 0 amide bonds. The number of benzene rings is 3. The molecule has 0 saturated carbocycles. The Morgan fingerprint density at radius 3 is 2.43 bits per heavy atom. The van der Waals surface area contributed by atoms with Gasteiger partial charge in [0.15, 0.2) is 0 Å². The van der Waals surface area contributed by atoms with Crippen molar-refractivity contribution in [2.75, 3.05) is 13.2 Å². The van der Waals surface area contributed by atoms with E-state index in [-0.39, 0.29) is 36.5 Å². The van der Waals surface area contributed by atoms with Gasteiger partial charge in [0, 0.05) is 28.2 Å². The van der Waals surface area contributed by atoms with E-state index >= 15 is 0 Å². The van der Waals surface area contributed by atoms with E-state index in [0.29, 0.717) is 34.1 Å². The van der Waals surface area contributed by atoms with Gasteiger partial charge in [-0.2, -0.15) is 0 Å². The molecule has 3 aromatic rings. The Kier molecular flexibility index (Phi) is 8.79. The molecule has 0 spiro atoms. The van der Waals surface area contributed by atoms with Crippen LogP contribution in [0, 0.1) is 10.1 Å². The Morgan fingerprint density at radius 2 is 1.81 bits per heavy atom. The summed E-state index contributed by atoms with van der Waals surface area (Å²) in [5.41, 5.74) is 1.66. The van der Waals surface area contributed by atoms with E-state index in [9.17, 15) is 25.1 Å². The monoisotopic (exact) mass is 544 g/mol. The molecular weight excluding hydrogens is 519 g/mol. The smallest absolute Gasteiger partial charge is 0.335 e. The van der Waals surface area contributed by atoms with Crippen molar-refractivity contribution in [3.8, 4) is 0 Å². The first kappa shape index (κ1) is 27.0. The van der Waals surface area contributed by atoms with Crippen molar-refractivity contribution in [3.05, 3.63) is 109 Å². The summed E-state index contributed by atoms with van der Waals surface area (Å²) in [4.78, 5) is 24.7. The van der Waals surface area contributed by atoms with Crippen molar-refractivity contribution in [2.24, 2.45) is 0 Å². The van der Waals surface area contributed by atoms with E-state index in [1.165, 1.54) is 12.1 Å². The number of hydrogen-bond donors (Lipinski definition) is 2. The van der Waals surface area contributed by atoms with Gasteiger partial charge in [-0.05, 0) is 54.8 Å². The second-order valence-corrected chi connectivity index (χ2v) is 9.80. The third-order valence-corrected chi connectivity index (χ3v) is 6.92. The molecule has 37 heavy (non-hydrogen) atoms. The summed E-state index contributed by atoms with van der Waals surface area (Å²) >= 11 is 12.4. The van der Waals surface area contributed by atoms with E-state index in [2.05, 4.69) is 4.90 Å². The number of piperidine rings is 1. The highest BCUT2D eigenvalue weighted by Gasteiger charge is 2.36. The minimum atomic E-state index is -1.22. The highest BCUT2D eigenvalue weighted by Crippen LogP contribution is 2.38. The number of aromatic carboxylic acids is 1. The summed E-state index contributed by atoms with van der Waals surface area (Å²) in [5.74, 6) is -1.22. The molecule has 10 heteroatoms. The van der Waals surface area contributed by atoms with Crippen LogP contribution in [-0.2, 0) is 11.3 Å². The second-order valence-electron chi connectivity index (χ2n) is 8.92. The van der Waals surface area contributed by atoms with Crippen LogP contribution < -0.4 is 0 Å². The molecule has 0 bridgehead atoms. The fourth-order valence-corrected chi connectivity index (χ4v) is 5.38. The number of rotatable bonds is 9. The molecule has 0 aliphatic carbocycles. The first-order valence-electron chi connectivity index (χ1n) is 11.8. The molecular formula is C27H26Cl2N2O6. The highest BCUT2D eigenvalue weighted by molar-refractivity contribution is 6.34. The average Bonchev–Trinajstić information content (AvgIpc) is 2.87. The molecule has 2 N–H and O–H groups in total. The summed E-state index contributed by atoms with van der Waals surface area (Å²) in [6, 6.07) is 18.4. The molecule has 1 heterocycles. The maximum atomic E-state index is 11.8. The van der Waals surface area contributed by atoms with Crippen LogP contribution in [0.1, 0.15) is 52.0 Å². The normalized spacial score (nSPS) is 18.9. The average molecular weight is 545 g/mol. The largest absolute Gasteiger partial charge is 0.478 e. The quantitative estimate of drug-likeness (QED) is 0.248. The maximum Gasteiger partial charge on any atom is 0.335 e. The predicted octanol–water partition coefficient (Wildman–Crippen LogP) is 6.06. The molecule has 4 rings (SSSR count). The van der Waals surface area contributed by atoms with Crippen LogP contribution in [0.5, 0.6) is 0 Å². The number of ether oxygens (including phenoxy) is 1. The van der Waals surface area contributed by atoms with E-state index < -0.39 is 17.0 Å². The minimum Gasteiger partial charge on any atom is -0.478 e. The van der Waals surface area contributed by atoms with Gasteiger partial charge >= 0.3 is 5.97 Å². The van der Waals surface area contributed by atoms with Crippen LogP contribution >= 0.6 is 23.2 Å². The number of likely N-dealkylation sites (tertiary alicyclic amines) is 1. The second kappa shape index (κ2) is 12.0. The van der Waals surface area contributed by atoms with Crippen molar-refractivity contribution in [1.29, 1.82) is 0 Å². The number of nitrogens with zero attached hydrogens (tertiary/aromatic N) is 2. The summed E-state index contributed by atoms with van der Waals surface area (Å²) in [7, 11) is 0. The number of carboxylic acid groups (broad SMARTS) is 1. The van der Waals surface area contributed by atoms with Gasteiger partial charge in [-0.15, -0.1) is 0 Å². The SMILES string of the molecule is O=C(O)c1ccc(CN2CCCC(OC(CO)c3cc(Cl)cc(Cl)c3)C2c2ccccc2)c([N+](=O)[O-])c1. The fourth-order valence-electron chi connectivity index (χ4n) is 4.84. The maximum absolute atomic E-state index is 11.8. The van der Waals surface area contributed by atoms with Crippen molar-refractivity contribution < 1.29 is 24.7 Å². The van der Waals surface area contributed by atoms with Crippen LogP contribution in [-0.4, -0.2) is 45.3 Å². The van der Waals surface area contributed by atoms with Gasteiger partial charge < -0.3 is 14.9 Å². The summed E-state index contributed by atoms with van der Waals surface area (Å²) in [5, 5.41) is 32.1. The Morgan fingerprint density at radius 1 is 1.11 bits per heavy atom. The lowest BCUT2D eigenvalue weighted by atomic mass is 9.91. The summed E-state index contributed by atoms with van der Waals surface area (Å²) in [6.45, 7) is 0.600. The Bertz CT molecular complexity index is 1250.